The third kappa shape index (κ3) is 2.83. The number of amides is 3. The van der Waals surface area contributed by atoms with Gasteiger partial charge < -0.3 is 5.32 Å². The van der Waals surface area contributed by atoms with Gasteiger partial charge in [-0.2, -0.15) is 0 Å². The Morgan fingerprint density at radius 1 is 1.21 bits per heavy atom. The number of carbonyl (C=O) groups is 3. The van der Waals surface area contributed by atoms with E-state index in [0.717, 1.165) is 9.78 Å². The first-order chi connectivity index (χ1) is 11.3. The smallest absolute Gasteiger partial charge is 0.319 e. The van der Waals surface area contributed by atoms with E-state index in [9.17, 15) is 14.4 Å². The van der Waals surface area contributed by atoms with E-state index in [4.69, 9.17) is 11.6 Å². The molecule has 1 aliphatic heterocycles. The Bertz CT molecular complexity index is 831. The highest BCUT2D eigenvalue weighted by Gasteiger charge is 2.49. The van der Waals surface area contributed by atoms with Crippen LogP contribution in [-0.4, -0.2) is 29.2 Å². The summed E-state index contributed by atoms with van der Waals surface area (Å²) in [5.74, 6) is -0.701. The second kappa shape index (κ2) is 6.03. The number of thiophene rings is 1. The number of rotatable bonds is 4. The number of aryl methyl sites for hydroxylation is 1. The van der Waals surface area contributed by atoms with E-state index in [0.29, 0.717) is 15.5 Å². The van der Waals surface area contributed by atoms with Crippen LogP contribution in [0.1, 0.15) is 27.0 Å². The lowest BCUT2D eigenvalue weighted by Gasteiger charge is -2.22. The average Bonchev–Trinajstić information content (AvgIpc) is 3.06. The first-order valence-corrected chi connectivity index (χ1v) is 8.50. The van der Waals surface area contributed by atoms with Crippen molar-refractivity contribution in [1.82, 2.24) is 10.2 Å². The van der Waals surface area contributed by atoms with Gasteiger partial charge in [0.1, 0.15) is 5.54 Å². The van der Waals surface area contributed by atoms with Crippen molar-refractivity contribution >= 4 is 40.7 Å². The first-order valence-electron chi connectivity index (χ1n) is 7.31. The Labute approximate surface area is 148 Å². The Balaban J connectivity index is 1.83. The van der Waals surface area contributed by atoms with Gasteiger partial charge in [-0.25, -0.2) is 4.79 Å². The van der Waals surface area contributed by atoms with Gasteiger partial charge in [-0.1, -0.05) is 23.7 Å². The molecule has 1 saturated heterocycles. The third-order valence-corrected chi connectivity index (χ3v) is 5.31. The molecule has 2 aromatic rings. The van der Waals surface area contributed by atoms with Gasteiger partial charge in [-0.05, 0) is 43.7 Å². The van der Waals surface area contributed by atoms with Crippen LogP contribution >= 0.6 is 22.9 Å². The van der Waals surface area contributed by atoms with Crippen molar-refractivity contribution < 1.29 is 14.4 Å². The molecule has 0 radical (unpaired) electrons. The number of imide groups is 1. The molecule has 0 spiro atoms. The highest BCUT2D eigenvalue weighted by Crippen LogP contribution is 2.30. The fourth-order valence-electron chi connectivity index (χ4n) is 2.63. The van der Waals surface area contributed by atoms with Gasteiger partial charge in [0.2, 0.25) is 0 Å². The highest BCUT2D eigenvalue weighted by molar-refractivity contribution is 7.14. The largest absolute Gasteiger partial charge is 0.325 e. The number of hydrogen-bond acceptors (Lipinski definition) is 4. The van der Waals surface area contributed by atoms with Gasteiger partial charge in [0.25, 0.3) is 5.91 Å². The van der Waals surface area contributed by atoms with Crippen LogP contribution in [-0.2, 0) is 10.3 Å². The summed E-state index contributed by atoms with van der Waals surface area (Å²) >= 11 is 7.22. The summed E-state index contributed by atoms with van der Waals surface area (Å²) in [5, 5.41) is 3.21. The molecule has 1 atom stereocenters. The number of benzene rings is 1. The Morgan fingerprint density at radius 3 is 2.46 bits per heavy atom. The molecule has 124 valence electrons. The maximum Gasteiger partial charge on any atom is 0.325 e. The molecular formula is C17H15ClN2O3S. The first kappa shape index (κ1) is 16.7. The summed E-state index contributed by atoms with van der Waals surface area (Å²) in [6.45, 7) is 3.25. The minimum absolute atomic E-state index is 0.253. The summed E-state index contributed by atoms with van der Waals surface area (Å²) < 4.78 is 0. The second-order valence-electron chi connectivity index (χ2n) is 5.79. The van der Waals surface area contributed by atoms with Crippen LogP contribution in [0.3, 0.4) is 0 Å². The Morgan fingerprint density at radius 2 is 1.88 bits per heavy atom. The molecule has 1 aliphatic rings. The summed E-state index contributed by atoms with van der Waals surface area (Å²) in [5.41, 5.74) is -0.583. The monoisotopic (exact) mass is 362 g/mol. The van der Waals surface area contributed by atoms with Crippen molar-refractivity contribution in [1.29, 1.82) is 0 Å². The summed E-state index contributed by atoms with van der Waals surface area (Å²) in [7, 11) is 0. The van der Waals surface area contributed by atoms with E-state index >= 15 is 0 Å². The number of urea groups is 1. The van der Waals surface area contributed by atoms with Crippen molar-refractivity contribution in [2.45, 2.75) is 19.4 Å². The van der Waals surface area contributed by atoms with Gasteiger partial charge in [-0.3, -0.25) is 14.5 Å². The van der Waals surface area contributed by atoms with E-state index < -0.39 is 17.5 Å². The fourth-order valence-corrected chi connectivity index (χ4v) is 3.55. The third-order valence-electron chi connectivity index (χ3n) is 4.01. The van der Waals surface area contributed by atoms with Crippen molar-refractivity contribution in [2.75, 3.05) is 6.54 Å². The molecule has 24 heavy (non-hydrogen) atoms. The topological polar surface area (TPSA) is 66.5 Å². The predicted octanol–water partition coefficient (Wildman–Crippen LogP) is 3.36. The van der Waals surface area contributed by atoms with Crippen molar-refractivity contribution in [3.05, 3.63) is 56.7 Å². The molecule has 0 aliphatic carbocycles. The Hall–Kier alpha value is -2.18. The van der Waals surface area contributed by atoms with E-state index in [1.165, 1.54) is 11.3 Å². The number of hydrogen-bond donors (Lipinski definition) is 1. The molecule has 2 heterocycles. The summed E-state index contributed by atoms with van der Waals surface area (Å²) in [4.78, 5) is 39.8. The molecule has 0 saturated carbocycles. The molecule has 1 aromatic heterocycles. The van der Waals surface area contributed by atoms with Gasteiger partial charge in [0.15, 0.2) is 5.78 Å². The van der Waals surface area contributed by atoms with Crippen LogP contribution in [0.2, 0.25) is 5.02 Å². The van der Waals surface area contributed by atoms with Gasteiger partial charge >= 0.3 is 6.03 Å². The number of halogens is 1. The number of nitrogens with one attached hydrogen (secondary N) is 1. The van der Waals surface area contributed by atoms with Crippen LogP contribution in [0, 0.1) is 6.92 Å². The van der Waals surface area contributed by atoms with Gasteiger partial charge in [0, 0.05) is 9.90 Å². The SMILES string of the molecule is Cc1ccc(C(=O)CN2C(=O)N[C@@](C)(c3ccc(Cl)cc3)C2=O)s1. The molecule has 3 rings (SSSR count). The van der Waals surface area contributed by atoms with E-state index in [1.807, 2.05) is 13.0 Å². The Kier molecular flexibility index (Phi) is 4.19. The maximum atomic E-state index is 12.8. The molecule has 5 nitrogen and oxygen atoms in total. The average molecular weight is 363 g/mol. The minimum atomic E-state index is -1.20. The zero-order chi connectivity index (χ0) is 17.5. The summed E-state index contributed by atoms with van der Waals surface area (Å²) in [6.07, 6.45) is 0. The van der Waals surface area contributed by atoms with E-state index in [-0.39, 0.29) is 12.3 Å². The molecule has 7 heteroatoms. The van der Waals surface area contributed by atoms with Gasteiger partial charge in [0.05, 0.1) is 11.4 Å². The quantitative estimate of drug-likeness (QED) is 0.670. The molecule has 0 bridgehead atoms. The lowest BCUT2D eigenvalue weighted by atomic mass is 9.92. The molecule has 1 N–H and O–H groups in total. The van der Waals surface area contributed by atoms with Crippen molar-refractivity contribution in [2.24, 2.45) is 0 Å². The number of nitrogens with zero attached hydrogens (tertiary/aromatic N) is 1. The van der Waals surface area contributed by atoms with E-state index in [2.05, 4.69) is 5.32 Å². The molecule has 1 fully saturated rings. The van der Waals surface area contributed by atoms with Crippen molar-refractivity contribution in [3.63, 3.8) is 0 Å². The van der Waals surface area contributed by atoms with Crippen molar-refractivity contribution in [3.8, 4) is 0 Å². The normalized spacial score (nSPS) is 20.4. The molecular weight excluding hydrogens is 348 g/mol. The summed E-state index contributed by atoms with van der Waals surface area (Å²) in [6, 6.07) is 9.66. The highest BCUT2D eigenvalue weighted by atomic mass is 35.5. The molecule has 0 unspecified atom stereocenters. The minimum Gasteiger partial charge on any atom is -0.319 e. The van der Waals surface area contributed by atoms with Crippen LogP contribution in [0.15, 0.2) is 36.4 Å². The standard InChI is InChI=1S/C17H15ClN2O3S/c1-10-3-8-14(24-10)13(21)9-20-15(22)17(2,19-16(20)23)11-4-6-12(18)7-5-11/h3-8H,9H2,1-2H3,(H,19,23)/t17-/m0/s1. The lowest BCUT2D eigenvalue weighted by Crippen LogP contribution is -2.41. The number of ketones is 1. The lowest BCUT2D eigenvalue weighted by molar-refractivity contribution is -0.130. The van der Waals surface area contributed by atoms with Gasteiger partial charge in [-0.15, -0.1) is 11.3 Å². The fraction of sp³-hybridized carbons (Fsp3) is 0.235. The predicted molar refractivity (Wildman–Crippen MR) is 92.4 cm³/mol. The van der Waals surface area contributed by atoms with Crippen LogP contribution in [0.4, 0.5) is 4.79 Å². The zero-order valence-corrected chi connectivity index (χ0v) is 14.7. The molecule has 1 aromatic carbocycles. The maximum absolute atomic E-state index is 12.8. The van der Waals surface area contributed by atoms with Crippen LogP contribution in [0.5, 0.6) is 0 Å². The number of carbonyl (C=O) groups excluding carboxylic acids is 3. The van der Waals surface area contributed by atoms with Crippen LogP contribution in [0.25, 0.3) is 0 Å². The van der Waals surface area contributed by atoms with Crippen LogP contribution < -0.4 is 5.32 Å². The zero-order valence-electron chi connectivity index (χ0n) is 13.1. The van der Waals surface area contributed by atoms with E-state index in [1.54, 1.807) is 37.3 Å². The number of Topliss-reactive ketones (excluding diaryl/α,β-unsaturated/α-hetero) is 1. The molecule has 3 amide bonds. The second-order valence-corrected chi connectivity index (χ2v) is 7.51.